The summed E-state index contributed by atoms with van der Waals surface area (Å²) in [5.41, 5.74) is 1.43. The van der Waals surface area contributed by atoms with Crippen LogP contribution in [-0.4, -0.2) is 77.8 Å². The molecule has 0 unspecified atom stereocenters. The molecule has 0 radical (unpaired) electrons. The van der Waals surface area contributed by atoms with Crippen LogP contribution < -0.4 is 23.8 Å². The van der Waals surface area contributed by atoms with E-state index in [1.807, 2.05) is 18.2 Å². The van der Waals surface area contributed by atoms with Crippen LogP contribution in [0.25, 0.3) is 16.3 Å². The molecule has 0 saturated heterocycles. The zero-order chi connectivity index (χ0) is 31.1. The molecule has 0 amide bonds. The van der Waals surface area contributed by atoms with Crippen molar-refractivity contribution in [3.05, 3.63) is 46.4 Å². The molecule has 0 aliphatic carbocycles. The van der Waals surface area contributed by atoms with E-state index < -0.39 is 31.7 Å². The van der Waals surface area contributed by atoms with Gasteiger partial charge >= 0.3 is 0 Å². The lowest BCUT2D eigenvalue weighted by molar-refractivity contribution is -0.894. The van der Waals surface area contributed by atoms with Crippen LogP contribution in [0, 0.1) is 0 Å². The van der Waals surface area contributed by atoms with Crippen LogP contribution in [0.4, 0.5) is 5.69 Å². The average molecular weight is 661 g/mol. The second kappa shape index (κ2) is 14.9. The lowest BCUT2D eigenvalue weighted by Crippen LogP contribution is -3.11. The lowest BCUT2D eigenvalue weighted by Gasteiger charge is -2.21. The number of ether oxygens (including phenoxy) is 2. The normalized spacial score (nSPS) is 14.3. The van der Waals surface area contributed by atoms with Crippen molar-refractivity contribution in [1.82, 2.24) is 0 Å². The molecular formula is C27H38N3O8S4+. The number of rotatable bonds is 12. The minimum atomic E-state index is -4.46. The van der Waals surface area contributed by atoms with Crippen LogP contribution in [0.3, 0.4) is 0 Å². The summed E-state index contributed by atoms with van der Waals surface area (Å²) >= 11 is 2.80. The number of benzene rings is 2. The third kappa shape index (κ3) is 9.30. The van der Waals surface area contributed by atoms with E-state index in [1.165, 1.54) is 57.0 Å². The number of aryl methyl sites for hydroxylation is 1. The highest BCUT2D eigenvalue weighted by Gasteiger charge is 2.29. The summed E-state index contributed by atoms with van der Waals surface area (Å²) in [7, 11) is -5.62. The maximum atomic E-state index is 11.5. The number of aromatic nitrogens is 1. The average Bonchev–Trinajstić information content (AvgIpc) is 3.46. The molecule has 15 heteroatoms. The fourth-order valence-corrected chi connectivity index (χ4v) is 7.46. The number of thiazole rings is 1. The van der Waals surface area contributed by atoms with Crippen LogP contribution in [0.15, 0.2) is 46.3 Å². The Labute approximate surface area is 256 Å². The number of fused-ring (bicyclic) bond motifs is 2. The van der Waals surface area contributed by atoms with Crippen molar-refractivity contribution in [3.8, 4) is 11.5 Å². The molecule has 0 fully saturated rings. The van der Waals surface area contributed by atoms with Crippen LogP contribution in [0.1, 0.15) is 25.8 Å². The van der Waals surface area contributed by atoms with Gasteiger partial charge in [0.15, 0.2) is 6.54 Å². The number of nitrogens with zero attached hydrogens (tertiary/aromatic N) is 2. The van der Waals surface area contributed by atoms with Gasteiger partial charge in [0.2, 0.25) is 5.52 Å². The maximum absolute atomic E-state index is 11.5. The SMILES string of the molecule is CC[NH+](CC)CC.COc1ccc2c(c1)N(CCS(=O)(=O)[O-])/C(=C\c1sc3ccc(OC)cc3[n+]1CCS(=O)(=O)O)S2. The molecule has 1 aromatic heterocycles. The van der Waals surface area contributed by atoms with Crippen LogP contribution in [0.5, 0.6) is 11.5 Å². The Hall–Kier alpha value is -2.40. The molecule has 0 atom stereocenters. The summed E-state index contributed by atoms with van der Waals surface area (Å²) in [6.45, 7) is 10.4. The van der Waals surface area contributed by atoms with Gasteiger partial charge in [0.25, 0.3) is 15.1 Å². The molecule has 2 heterocycles. The summed E-state index contributed by atoms with van der Waals surface area (Å²) in [6, 6.07) is 10.8. The number of thioether (sulfide) groups is 1. The van der Waals surface area contributed by atoms with Gasteiger partial charge in [-0.3, -0.25) is 4.55 Å². The molecule has 0 bridgehead atoms. The summed E-state index contributed by atoms with van der Waals surface area (Å²) in [6.07, 6.45) is 1.82. The predicted octanol–water partition coefficient (Wildman–Crippen LogP) is 2.48. The Morgan fingerprint density at radius 1 is 0.976 bits per heavy atom. The van der Waals surface area contributed by atoms with Gasteiger partial charge in [0.05, 0.1) is 72.6 Å². The molecule has 2 aromatic carbocycles. The van der Waals surface area contributed by atoms with Gasteiger partial charge in [-0.25, -0.2) is 8.42 Å². The molecule has 0 spiro atoms. The first kappa shape index (κ1) is 34.1. The number of anilines is 1. The first-order valence-corrected chi connectivity index (χ1v) is 18.2. The van der Waals surface area contributed by atoms with Gasteiger partial charge in [-0.2, -0.15) is 13.0 Å². The second-order valence-electron chi connectivity index (χ2n) is 9.35. The van der Waals surface area contributed by atoms with Crippen molar-refractivity contribution in [1.29, 1.82) is 0 Å². The predicted molar refractivity (Wildman–Crippen MR) is 166 cm³/mol. The number of nitrogens with one attached hydrogen (secondary N) is 1. The Morgan fingerprint density at radius 2 is 1.60 bits per heavy atom. The van der Waals surface area contributed by atoms with Crippen molar-refractivity contribution in [3.63, 3.8) is 0 Å². The number of hydrogen-bond donors (Lipinski definition) is 2. The molecule has 2 N–H and O–H groups in total. The largest absolute Gasteiger partial charge is 0.748 e. The van der Waals surface area contributed by atoms with E-state index in [-0.39, 0.29) is 13.1 Å². The lowest BCUT2D eigenvalue weighted by atomic mass is 10.2. The number of methoxy groups -OCH3 is 2. The Bertz CT molecular complexity index is 1610. The first-order valence-electron chi connectivity index (χ1n) is 13.4. The molecule has 4 rings (SSSR count). The summed E-state index contributed by atoms with van der Waals surface area (Å²) < 4.78 is 79.6. The fraction of sp³-hybridized carbons (Fsp3) is 0.444. The van der Waals surface area contributed by atoms with E-state index in [1.54, 1.807) is 38.6 Å². The van der Waals surface area contributed by atoms with E-state index >= 15 is 0 Å². The topological polar surface area (TPSA) is 142 Å². The third-order valence-electron chi connectivity index (χ3n) is 6.76. The molecule has 1 aliphatic rings. The molecule has 3 aromatic rings. The van der Waals surface area contributed by atoms with Crippen LogP contribution in [-0.2, 0) is 26.8 Å². The van der Waals surface area contributed by atoms with Gasteiger partial charge in [-0.05, 0) is 45.0 Å². The maximum Gasteiger partial charge on any atom is 0.271 e. The number of quaternary nitrogens is 1. The minimum absolute atomic E-state index is 0.00844. The monoisotopic (exact) mass is 660 g/mol. The highest BCUT2D eigenvalue weighted by molar-refractivity contribution is 8.04. The highest BCUT2D eigenvalue weighted by Crippen LogP contribution is 2.48. The van der Waals surface area contributed by atoms with Crippen molar-refractivity contribution < 1.29 is 44.9 Å². The fourth-order valence-electron chi connectivity index (χ4n) is 4.36. The van der Waals surface area contributed by atoms with E-state index in [9.17, 15) is 25.9 Å². The van der Waals surface area contributed by atoms with Crippen molar-refractivity contribution in [2.45, 2.75) is 32.2 Å². The van der Waals surface area contributed by atoms with Gasteiger partial charge in [0, 0.05) is 17.5 Å². The Kier molecular flexibility index (Phi) is 12.1. The van der Waals surface area contributed by atoms with E-state index in [2.05, 4.69) is 20.8 Å². The molecule has 0 saturated carbocycles. The second-order valence-corrected chi connectivity index (χ2v) is 14.6. The van der Waals surface area contributed by atoms with Crippen molar-refractivity contribution in [2.24, 2.45) is 0 Å². The van der Waals surface area contributed by atoms with Gasteiger partial charge in [-0.15, -0.1) is 0 Å². The quantitative estimate of drug-likeness (QED) is 0.220. The molecule has 1 aliphatic heterocycles. The standard InChI is InChI=1S/C21H22N2O8S4.C6H15N/c1-30-14-3-5-18-16(11-14)22(7-9-34(24,25)26)20(32-18)13-21-23(8-10-35(27,28)29)17-12-15(31-2)4-6-19(17)33-21;1-4-7(5-2)6-3/h3-6,11-13H,7-10H2,1-2H3,(H-,24,25,26,27,28,29);4-6H2,1-3H3/p+1. The van der Waals surface area contributed by atoms with Gasteiger partial charge in [0.1, 0.15) is 22.0 Å². The number of hydrogen-bond acceptors (Lipinski definition) is 10. The van der Waals surface area contributed by atoms with E-state index in [4.69, 9.17) is 9.47 Å². The van der Waals surface area contributed by atoms with Gasteiger partial charge < -0.3 is 23.8 Å². The summed E-state index contributed by atoms with van der Waals surface area (Å²) in [4.78, 5) is 4.27. The van der Waals surface area contributed by atoms with E-state index in [0.717, 1.165) is 15.1 Å². The smallest absolute Gasteiger partial charge is 0.271 e. The molecule has 232 valence electrons. The van der Waals surface area contributed by atoms with Gasteiger partial charge in [-0.1, -0.05) is 23.1 Å². The molecule has 11 nitrogen and oxygen atoms in total. The third-order valence-corrected chi connectivity index (χ3v) is 10.4. The molecule has 42 heavy (non-hydrogen) atoms. The van der Waals surface area contributed by atoms with Crippen molar-refractivity contribution in [2.75, 3.05) is 56.8 Å². The first-order chi connectivity index (χ1) is 19.8. The van der Waals surface area contributed by atoms with Crippen LogP contribution in [0.2, 0.25) is 0 Å². The highest BCUT2D eigenvalue weighted by atomic mass is 32.2. The molecular weight excluding hydrogens is 623 g/mol. The zero-order valence-corrected chi connectivity index (χ0v) is 27.6. The van der Waals surface area contributed by atoms with Crippen molar-refractivity contribution >= 4 is 65.3 Å². The Morgan fingerprint density at radius 3 is 2.14 bits per heavy atom. The minimum Gasteiger partial charge on any atom is -0.748 e. The zero-order valence-electron chi connectivity index (χ0n) is 24.3. The summed E-state index contributed by atoms with van der Waals surface area (Å²) in [5.74, 6) is 0.0953. The Balaban J connectivity index is 0.000000616. The van der Waals surface area contributed by atoms with E-state index in [0.29, 0.717) is 27.2 Å². The van der Waals surface area contributed by atoms with Crippen LogP contribution >= 0.6 is 23.1 Å². The summed E-state index contributed by atoms with van der Waals surface area (Å²) in [5, 5.41) is 1.34.